The molecule has 0 radical (unpaired) electrons. The maximum Gasteiger partial charge on any atom is 0.333 e. The van der Waals surface area contributed by atoms with Gasteiger partial charge in [-0.1, -0.05) is 13.8 Å². The third-order valence-corrected chi connectivity index (χ3v) is 4.72. The number of fused-ring (bicyclic) bond motifs is 1. The molecule has 0 amide bonds. The lowest BCUT2D eigenvalue weighted by Gasteiger charge is -2.20. The number of alkyl halides is 2. The number of aromatic nitrogens is 7. The number of hydrogen-bond acceptors (Lipinski definition) is 7. The van der Waals surface area contributed by atoms with E-state index in [4.69, 9.17) is 5.73 Å². The van der Waals surface area contributed by atoms with Gasteiger partial charge in [0, 0.05) is 18.0 Å². The van der Waals surface area contributed by atoms with Crippen molar-refractivity contribution in [2.75, 3.05) is 11.1 Å². The molecule has 0 fully saturated rings. The molecular formula is C19H21F2N9. The highest BCUT2D eigenvalue weighted by molar-refractivity contribution is 5.61. The Morgan fingerprint density at radius 3 is 2.60 bits per heavy atom. The van der Waals surface area contributed by atoms with Crippen molar-refractivity contribution in [3.63, 3.8) is 0 Å². The van der Waals surface area contributed by atoms with E-state index in [1.165, 1.54) is 6.20 Å². The van der Waals surface area contributed by atoms with Crippen LogP contribution in [0.15, 0.2) is 36.8 Å². The Bertz CT molecular complexity index is 1180. The summed E-state index contributed by atoms with van der Waals surface area (Å²) in [6.45, 7) is 3.09. The first kappa shape index (κ1) is 19.7. The minimum absolute atomic E-state index is 0.0254. The Kier molecular flexibility index (Phi) is 5.02. The van der Waals surface area contributed by atoms with E-state index in [0.29, 0.717) is 16.2 Å². The fraction of sp³-hybridized carbons (Fsp3) is 0.316. The van der Waals surface area contributed by atoms with Gasteiger partial charge in [-0.05, 0) is 31.0 Å². The normalized spacial score (nSPS) is 12.8. The zero-order valence-corrected chi connectivity index (χ0v) is 16.7. The molecule has 0 spiro atoms. The van der Waals surface area contributed by atoms with Gasteiger partial charge in [0.05, 0.1) is 23.4 Å². The minimum Gasteiger partial charge on any atom is -0.368 e. The van der Waals surface area contributed by atoms with Crippen molar-refractivity contribution >= 4 is 17.4 Å². The summed E-state index contributed by atoms with van der Waals surface area (Å²) in [5.41, 5.74) is 8.06. The number of nitrogens with one attached hydrogen (secondary N) is 1. The quantitative estimate of drug-likeness (QED) is 0.498. The van der Waals surface area contributed by atoms with Crippen molar-refractivity contribution in [2.45, 2.75) is 33.4 Å². The Hall–Kier alpha value is -3.63. The average Bonchev–Trinajstić information content (AvgIpc) is 3.33. The van der Waals surface area contributed by atoms with Crippen LogP contribution in [0.1, 0.15) is 38.0 Å². The lowest BCUT2D eigenvalue weighted by atomic mass is 10.0. The fourth-order valence-electron chi connectivity index (χ4n) is 3.19. The third-order valence-electron chi connectivity index (χ3n) is 4.72. The molecule has 11 heteroatoms. The summed E-state index contributed by atoms with van der Waals surface area (Å²) >= 11 is 0. The molecule has 0 unspecified atom stereocenters. The van der Waals surface area contributed by atoms with Crippen molar-refractivity contribution in [2.24, 2.45) is 5.92 Å². The van der Waals surface area contributed by atoms with Gasteiger partial charge < -0.3 is 15.5 Å². The predicted octanol–water partition coefficient (Wildman–Crippen LogP) is 3.48. The number of halogens is 2. The van der Waals surface area contributed by atoms with E-state index in [2.05, 4.69) is 30.4 Å². The van der Waals surface area contributed by atoms with Crippen LogP contribution in [0.4, 0.5) is 20.7 Å². The molecule has 9 nitrogen and oxygen atoms in total. The van der Waals surface area contributed by atoms with Crippen LogP contribution in [-0.2, 0) is 0 Å². The zero-order chi connectivity index (χ0) is 21.4. The SMILES string of the molecule is Cc1ncc2ccc(-c3nc(N)nc(N[C@@H](c4ccn(C(F)F)n4)C(C)C)n3)cn12. The van der Waals surface area contributed by atoms with E-state index >= 15 is 0 Å². The number of nitrogen functional groups attached to an aromatic ring is 1. The summed E-state index contributed by atoms with van der Waals surface area (Å²) in [6, 6.07) is 4.94. The van der Waals surface area contributed by atoms with Gasteiger partial charge in [0.25, 0.3) is 0 Å². The lowest BCUT2D eigenvalue weighted by Crippen LogP contribution is -2.20. The van der Waals surface area contributed by atoms with Crippen LogP contribution in [0.3, 0.4) is 0 Å². The highest BCUT2D eigenvalue weighted by Crippen LogP contribution is 2.26. The second-order valence-electron chi connectivity index (χ2n) is 7.22. The van der Waals surface area contributed by atoms with Gasteiger partial charge in [0.15, 0.2) is 5.82 Å². The van der Waals surface area contributed by atoms with Gasteiger partial charge in [-0.15, -0.1) is 0 Å². The second-order valence-corrected chi connectivity index (χ2v) is 7.22. The molecule has 4 aromatic rings. The molecule has 3 N–H and O–H groups in total. The highest BCUT2D eigenvalue weighted by Gasteiger charge is 2.22. The fourth-order valence-corrected chi connectivity index (χ4v) is 3.19. The van der Waals surface area contributed by atoms with Crippen molar-refractivity contribution in [3.8, 4) is 11.4 Å². The Labute approximate surface area is 171 Å². The molecule has 0 aromatic carbocycles. The highest BCUT2D eigenvalue weighted by atomic mass is 19.3. The van der Waals surface area contributed by atoms with Gasteiger partial charge in [-0.25, -0.2) is 9.67 Å². The molecular weight excluding hydrogens is 392 g/mol. The second kappa shape index (κ2) is 7.65. The number of rotatable bonds is 6. The van der Waals surface area contributed by atoms with Crippen LogP contribution in [0.5, 0.6) is 0 Å². The monoisotopic (exact) mass is 413 g/mol. The van der Waals surface area contributed by atoms with E-state index in [1.807, 2.05) is 43.5 Å². The Balaban J connectivity index is 1.68. The van der Waals surface area contributed by atoms with Gasteiger partial charge in [-0.3, -0.25) is 0 Å². The molecule has 0 aliphatic rings. The smallest absolute Gasteiger partial charge is 0.333 e. The van der Waals surface area contributed by atoms with E-state index in [9.17, 15) is 8.78 Å². The first-order chi connectivity index (χ1) is 14.3. The van der Waals surface area contributed by atoms with Crippen molar-refractivity contribution in [3.05, 3.63) is 48.3 Å². The van der Waals surface area contributed by atoms with Crippen LogP contribution in [-0.4, -0.2) is 34.1 Å². The van der Waals surface area contributed by atoms with Crippen LogP contribution in [0.25, 0.3) is 16.9 Å². The third kappa shape index (κ3) is 3.78. The molecule has 0 aliphatic carbocycles. The molecule has 4 aromatic heterocycles. The standard InChI is InChI=1S/C19H21F2N9/c1-10(2)15(14-6-7-30(28-14)17(20)21)24-19-26-16(25-18(22)27-19)12-4-5-13-8-23-11(3)29(13)9-12/h4-10,15,17H,1-3H3,(H3,22,24,25,26,27)/t15-/m1/s1. The molecule has 0 bridgehead atoms. The molecule has 0 aliphatic heterocycles. The van der Waals surface area contributed by atoms with E-state index in [0.717, 1.165) is 16.9 Å². The van der Waals surface area contributed by atoms with Crippen LogP contribution < -0.4 is 11.1 Å². The molecule has 1 atom stereocenters. The van der Waals surface area contributed by atoms with Gasteiger partial charge >= 0.3 is 6.55 Å². The molecule has 0 saturated carbocycles. The Morgan fingerprint density at radius 2 is 1.90 bits per heavy atom. The summed E-state index contributed by atoms with van der Waals surface area (Å²) in [5.74, 6) is 1.54. The summed E-state index contributed by atoms with van der Waals surface area (Å²) in [5, 5.41) is 7.12. The van der Waals surface area contributed by atoms with E-state index in [-0.39, 0.29) is 17.8 Å². The Morgan fingerprint density at radius 1 is 1.10 bits per heavy atom. The molecule has 30 heavy (non-hydrogen) atoms. The predicted molar refractivity (Wildman–Crippen MR) is 108 cm³/mol. The van der Waals surface area contributed by atoms with Crippen molar-refractivity contribution in [1.82, 2.24) is 34.1 Å². The summed E-state index contributed by atoms with van der Waals surface area (Å²) < 4.78 is 28.4. The molecule has 0 saturated heterocycles. The number of imidazole rings is 1. The van der Waals surface area contributed by atoms with Crippen molar-refractivity contribution in [1.29, 1.82) is 0 Å². The zero-order valence-electron chi connectivity index (χ0n) is 16.7. The number of hydrogen-bond donors (Lipinski definition) is 2. The maximum atomic E-state index is 12.9. The summed E-state index contributed by atoms with van der Waals surface area (Å²) in [6.07, 6.45) is 4.90. The van der Waals surface area contributed by atoms with E-state index < -0.39 is 12.6 Å². The maximum absolute atomic E-state index is 12.9. The minimum atomic E-state index is -2.70. The van der Waals surface area contributed by atoms with Crippen LogP contribution in [0, 0.1) is 12.8 Å². The summed E-state index contributed by atoms with van der Waals surface area (Å²) in [7, 11) is 0. The number of pyridine rings is 1. The molecule has 156 valence electrons. The lowest BCUT2D eigenvalue weighted by molar-refractivity contribution is 0.0559. The topological polar surface area (TPSA) is 112 Å². The molecule has 4 rings (SSSR count). The number of nitrogens with zero attached hydrogens (tertiary/aromatic N) is 7. The van der Waals surface area contributed by atoms with E-state index in [1.54, 1.807) is 12.3 Å². The first-order valence-corrected chi connectivity index (χ1v) is 9.37. The van der Waals surface area contributed by atoms with Crippen LogP contribution in [0.2, 0.25) is 0 Å². The number of nitrogens with two attached hydrogens (primary N) is 1. The molecule has 4 heterocycles. The number of anilines is 2. The first-order valence-electron chi connectivity index (χ1n) is 9.37. The van der Waals surface area contributed by atoms with Gasteiger partial charge in [0.1, 0.15) is 5.82 Å². The number of aryl methyl sites for hydroxylation is 1. The van der Waals surface area contributed by atoms with Gasteiger partial charge in [-0.2, -0.15) is 28.8 Å². The van der Waals surface area contributed by atoms with Crippen molar-refractivity contribution < 1.29 is 8.78 Å². The largest absolute Gasteiger partial charge is 0.368 e. The average molecular weight is 413 g/mol. The summed E-state index contributed by atoms with van der Waals surface area (Å²) in [4.78, 5) is 17.2. The van der Waals surface area contributed by atoms with Crippen LogP contribution >= 0.6 is 0 Å². The van der Waals surface area contributed by atoms with Gasteiger partial charge in [0.2, 0.25) is 11.9 Å².